The highest BCUT2D eigenvalue weighted by atomic mass is 16.6. The van der Waals surface area contributed by atoms with Crippen molar-refractivity contribution in [2.75, 3.05) is 79.8 Å². The Hall–Kier alpha value is -1.66. The van der Waals surface area contributed by atoms with E-state index in [2.05, 4.69) is 5.92 Å². The summed E-state index contributed by atoms with van der Waals surface area (Å²) in [7, 11) is 1.65. The summed E-state index contributed by atoms with van der Waals surface area (Å²) in [5, 5.41) is 0. The zero-order valence-corrected chi connectivity index (χ0v) is 17.4. The maximum Gasteiger partial charge on any atom is 0.118 e. The Morgan fingerprint density at radius 1 is 0.621 bits per heavy atom. The maximum atomic E-state index is 5.56. The molecule has 1 aromatic carbocycles. The molecule has 0 aliphatic rings. The van der Waals surface area contributed by atoms with Crippen LogP contribution in [-0.2, 0) is 35.0 Å². The van der Waals surface area contributed by atoms with Crippen LogP contribution in [-0.4, -0.2) is 79.8 Å². The van der Waals surface area contributed by atoms with Gasteiger partial charge in [-0.15, -0.1) is 12.3 Å². The van der Waals surface area contributed by atoms with Gasteiger partial charge in [0.25, 0.3) is 0 Å². The van der Waals surface area contributed by atoms with Crippen molar-refractivity contribution < 1.29 is 33.2 Å². The predicted molar refractivity (Wildman–Crippen MR) is 110 cm³/mol. The molecule has 7 heteroatoms. The Kier molecular flexibility index (Phi) is 17.2. The van der Waals surface area contributed by atoms with Crippen molar-refractivity contribution in [3.63, 3.8) is 0 Å². The fraction of sp³-hybridized carbons (Fsp3) is 0.636. The summed E-state index contributed by atoms with van der Waals surface area (Å²) < 4.78 is 37.6. The third kappa shape index (κ3) is 15.9. The van der Waals surface area contributed by atoms with Gasteiger partial charge < -0.3 is 33.2 Å². The summed E-state index contributed by atoms with van der Waals surface area (Å²) in [6, 6.07) is 7.81. The quantitative estimate of drug-likeness (QED) is 0.241. The molecular weight excluding hydrogens is 376 g/mol. The molecular formula is C22H34O7. The van der Waals surface area contributed by atoms with E-state index >= 15 is 0 Å². The number of benzene rings is 1. The molecule has 0 saturated heterocycles. The van der Waals surface area contributed by atoms with E-state index in [0.29, 0.717) is 85.7 Å². The fourth-order valence-electron chi connectivity index (χ4n) is 2.14. The molecule has 7 nitrogen and oxygen atoms in total. The average Bonchev–Trinajstić information content (AvgIpc) is 2.75. The van der Waals surface area contributed by atoms with Gasteiger partial charge in [0.2, 0.25) is 0 Å². The average molecular weight is 411 g/mol. The summed E-state index contributed by atoms with van der Waals surface area (Å²) in [6.07, 6.45) is 5.75. The van der Waals surface area contributed by atoms with Crippen molar-refractivity contribution in [3.8, 4) is 18.1 Å². The van der Waals surface area contributed by atoms with Gasteiger partial charge in [-0.2, -0.15) is 0 Å². The molecule has 1 aromatic rings. The Morgan fingerprint density at radius 2 is 1.03 bits per heavy atom. The van der Waals surface area contributed by atoms with Gasteiger partial charge in [0, 0.05) is 6.42 Å². The van der Waals surface area contributed by atoms with Gasteiger partial charge >= 0.3 is 0 Å². The molecule has 1 rings (SSSR count). The monoisotopic (exact) mass is 410 g/mol. The standard InChI is InChI=1S/C22H34O7/c1-3-4-9-24-10-11-25-12-13-26-14-15-27-16-17-28-18-19-29-20-21-5-7-22(23-2)8-6-21/h1,5-8H,4,9-20H2,2H3. The third-order valence-electron chi connectivity index (χ3n) is 3.68. The van der Waals surface area contributed by atoms with E-state index in [0.717, 1.165) is 11.3 Å². The number of hydrogen-bond donors (Lipinski definition) is 0. The van der Waals surface area contributed by atoms with Crippen molar-refractivity contribution in [1.82, 2.24) is 0 Å². The Morgan fingerprint density at radius 3 is 1.45 bits per heavy atom. The smallest absolute Gasteiger partial charge is 0.118 e. The molecule has 0 unspecified atom stereocenters. The molecule has 164 valence electrons. The lowest BCUT2D eigenvalue weighted by Gasteiger charge is -2.08. The maximum absolute atomic E-state index is 5.56. The number of terminal acetylenes is 1. The molecule has 0 heterocycles. The van der Waals surface area contributed by atoms with Crippen molar-refractivity contribution in [1.29, 1.82) is 0 Å². The van der Waals surface area contributed by atoms with Gasteiger partial charge in [-0.05, 0) is 17.7 Å². The normalized spacial score (nSPS) is 10.8. The highest BCUT2D eigenvalue weighted by molar-refractivity contribution is 5.26. The van der Waals surface area contributed by atoms with Gasteiger partial charge in [-0.25, -0.2) is 0 Å². The van der Waals surface area contributed by atoms with Crippen molar-refractivity contribution in [2.45, 2.75) is 13.0 Å². The van der Waals surface area contributed by atoms with Crippen LogP contribution < -0.4 is 4.74 Å². The highest BCUT2D eigenvalue weighted by Gasteiger charge is 1.96. The van der Waals surface area contributed by atoms with Crippen molar-refractivity contribution >= 4 is 0 Å². The third-order valence-corrected chi connectivity index (χ3v) is 3.68. The molecule has 0 bridgehead atoms. The van der Waals surface area contributed by atoms with E-state index in [1.54, 1.807) is 7.11 Å². The summed E-state index contributed by atoms with van der Waals surface area (Å²) in [6.45, 7) is 6.54. The summed E-state index contributed by atoms with van der Waals surface area (Å²) in [5.74, 6) is 3.36. The second-order valence-electron chi connectivity index (χ2n) is 5.92. The molecule has 0 aliphatic heterocycles. The van der Waals surface area contributed by atoms with Gasteiger partial charge in [-0.1, -0.05) is 12.1 Å². The topological polar surface area (TPSA) is 64.6 Å². The van der Waals surface area contributed by atoms with E-state index < -0.39 is 0 Å². The van der Waals surface area contributed by atoms with Crippen LogP contribution in [0, 0.1) is 12.3 Å². The van der Waals surface area contributed by atoms with Crippen LogP contribution in [0.25, 0.3) is 0 Å². The van der Waals surface area contributed by atoms with Crippen LogP contribution in [0.4, 0.5) is 0 Å². The van der Waals surface area contributed by atoms with E-state index in [-0.39, 0.29) is 0 Å². The first-order valence-electron chi connectivity index (χ1n) is 9.89. The number of hydrogen-bond acceptors (Lipinski definition) is 7. The molecule has 0 radical (unpaired) electrons. The minimum Gasteiger partial charge on any atom is -0.497 e. The lowest BCUT2D eigenvalue weighted by atomic mass is 10.2. The summed E-state index contributed by atoms with van der Waals surface area (Å²) >= 11 is 0. The Balaban J connectivity index is 1.73. The first-order chi connectivity index (χ1) is 14.4. The molecule has 0 aliphatic carbocycles. The van der Waals surface area contributed by atoms with Crippen LogP contribution in [0.1, 0.15) is 12.0 Å². The van der Waals surface area contributed by atoms with Crippen LogP contribution >= 0.6 is 0 Å². The fourth-order valence-corrected chi connectivity index (χ4v) is 2.14. The minimum atomic E-state index is 0.534. The van der Waals surface area contributed by atoms with Crippen LogP contribution in [0.2, 0.25) is 0 Å². The minimum absolute atomic E-state index is 0.534. The number of rotatable bonds is 20. The lowest BCUT2D eigenvalue weighted by Crippen LogP contribution is -2.14. The molecule has 0 aromatic heterocycles. The molecule has 0 spiro atoms. The van der Waals surface area contributed by atoms with Gasteiger partial charge in [-0.3, -0.25) is 0 Å². The molecule has 0 N–H and O–H groups in total. The van der Waals surface area contributed by atoms with Crippen molar-refractivity contribution in [2.24, 2.45) is 0 Å². The summed E-state index contributed by atoms with van der Waals surface area (Å²) in [5.41, 5.74) is 1.10. The lowest BCUT2D eigenvalue weighted by molar-refractivity contribution is -0.0174. The molecule has 29 heavy (non-hydrogen) atoms. The zero-order valence-electron chi connectivity index (χ0n) is 17.4. The van der Waals surface area contributed by atoms with Crippen LogP contribution in [0.5, 0.6) is 5.75 Å². The number of ether oxygens (including phenoxy) is 7. The second kappa shape index (κ2) is 19.6. The molecule has 0 saturated carbocycles. The molecule has 0 fully saturated rings. The largest absolute Gasteiger partial charge is 0.497 e. The molecule has 0 amide bonds. The van der Waals surface area contributed by atoms with E-state index in [4.69, 9.17) is 39.6 Å². The molecule has 0 atom stereocenters. The first-order valence-corrected chi connectivity index (χ1v) is 9.89. The van der Waals surface area contributed by atoms with Gasteiger partial charge in [0.05, 0.1) is 86.4 Å². The second-order valence-corrected chi connectivity index (χ2v) is 5.92. The first kappa shape index (κ1) is 25.4. The number of methoxy groups -OCH3 is 1. The predicted octanol–water partition coefficient (Wildman–Crippen LogP) is 2.32. The van der Waals surface area contributed by atoms with Crippen LogP contribution in [0.15, 0.2) is 24.3 Å². The highest BCUT2D eigenvalue weighted by Crippen LogP contribution is 2.11. The van der Waals surface area contributed by atoms with E-state index in [9.17, 15) is 0 Å². The van der Waals surface area contributed by atoms with E-state index in [1.165, 1.54) is 0 Å². The summed E-state index contributed by atoms with van der Waals surface area (Å²) in [4.78, 5) is 0. The SMILES string of the molecule is C#CCCOCCOCCOCCOCCOCCOCc1ccc(OC)cc1. The van der Waals surface area contributed by atoms with Crippen molar-refractivity contribution in [3.05, 3.63) is 29.8 Å². The zero-order chi connectivity index (χ0) is 20.8. The van der Waals surface area contributed by atoms with E-state index in [1.807, 2.05) is 24.3 Å². The van der Waals surface area contributed by atoms with Gasteiger partial charge in [0.1, 0.15) is 5.75 Å². The Labute approximate surface area is 174 Å². The van der Waals surface area contributed by atoms with Gasteiger partial charge in [0.15, 0.2) is 0 Å². The Bertz CT molecular complexity index is 513. The van der Waals surface area contributed by atoms with Crippen LogP contribution in [0.3, 0.4) is 0 Å².